The van der Waals surface area contributed by atoms with Crippen LogP contribution >= 0.6 is 7.60 Å². The van der Waals surface area contributed by atoms with E-state index in [1.165, 1.54) is 20.3 Å². The number of aromatic hydroxyl groups is 1. The third-order valence-electron chi connectivity index (χ3n) is 5.84. The summed E-state index contributed by atoms with van der Waals surface area (Å²) in [7, 11) is -2.42. The van der Waals surface area contributed by atoms with Gasteiger partial charge in [0, 0.05) is 17.1 Å². The van der Waals surface area contributed by atoms with Gasteiger partial charge in [-0.15, -0.1) is 0 Å². The number of furan rings is 1. The monoisotopic (exact) mass is 548 g/mol. The fraction of sp³-hybridized carbons (Fsp3) is 0.407. The molecule has 1 heterocycles. The summed E-state index contributed by atoms with van der Waals surface area (Å²) >= 11 is 0. The minimum atomic E-state index is -3.92. The summed E-state index contributed by atoms with van der Waals surface area (Å²) in [5.74, 6) is -0.922. The van der Waals surface area contributed by atoms with Crippen molar-refractivity contribution in [2.45, 2.75) is 46.1 Å². The van der Waals surface area contributed by atoms with Gasteiger partial charge < -0.3 is 28.3 Å². The topological polar surface area (TPSA) is 131 Å². The summed E-state index contributed by atoms with van der Waals surface area (Å²) in [6.45, 7) is 6.95. The fourth-order valence-corrected chi connectivity index (χ4v) is 5.47. The summed E-state index contributed by atoms with van der Waals surface area (Å²) in [6, 6.07) is 8.43. The molecule has 0 radical (unpaired) electrons. The van der Waals surface area contributed by atoms with Crippen molar-refractivity contribution < 1.29 is 46.9 Å². The molecule has 1 aromatic carbocycles. The number of rotatable bonds is 13. The molecular formula is C27H33O10P. The van der Waals surface area contributed by atoms with Gasteiger partial charge in [-0.05, 0) is 39.3 Å². The molecule has 0 saturated heterocycles. The van der Waals surface area contributed by atoms with Gasteiger partial charge in [0.25, 0.3) is 5.95 Å². The standard InChI is InChI=1S/C27H33O10P/c1-6-34-26(29)19(4)36-38(31,37-20-10-8-7-9-11-20)16-33-14-17(2)12-13-21-24(28)23-22(15-35-27(23)30)18(3)25(21)32-5/h7-12,15,18-19,30H,6,13-14,16H2,1-5H3. The molecule has 1 N–H and O–H groups in total. The van der Waals surface area contributed by atoms with E-state index in [0.717, 1.165) is 5.57 Å². The van der Waals surface area contributed by atoms with Gasteiger partial charge in [-0.2, -0.15) is 0 Å². The maximum absolute atomic E-state index is 13.5. The number of carbonyl (C=O) groups is 2. The third-order valence-corrected chi connectivity index (χ3v) is 7.46. The van der Waals surface area contributed by atoms with Gasteiger partial charge in [0.05, 0.1) is 26.6 Å². The van der Waals surface area contributed by atoms with Crippen molar-refractivity contribution >= 4 is 19.3 Å². The number of benzene rings is 1. The molecule has 3 atom stereocenters. The summed E-state index contributed by atoms with van der Waals surface area (Å²) in [5, 5.41) is 10.00. The van der Waals surface area contributed by atoms with Crippen LogP contribution in [0.1, 0.15) is 56.0 Å². The van der Waals surface area contributed by atoms with E-state index >= 15 is 0 Å². The Hall–Kier alpha value is -3.33. The Labute approximate surface area is 221 Å². The van der Waals surface area contributed by atoms with Crippen LogP contribution in [0.3, 0.4) is 0 Å². The molecule has 0 amide bonds. The average Bonchev–Trinajstić information content (AvgIpc) is 3.27. The highest BCUT2D eigenvalue weighted by atomic mass is 31.2. The van der Waals surface area contributed by atoms with E-state index in [1.807, 2.05) is 6.92 Å². The third kappa shape index (κ3) is 6.95. The lowest BCUT2D eigenvalue weighted by Gasteiger charge is -2.23. The van der Waals surface area contributed by atoms with Gasteiger partial charge in [-0.1, -0.05) is 36.8 Å². The van der Waals surface area contributed by atoms with Crippen LogP contribution in [-0.4, -0.2) is 49.6 Å². The maximum Gasteiger partial charge on any atom is 0.405 e. The Morgan fingerprint density at radius 3 is 2.63 bits per heavy atom. The van der Waals surface area contributed by atoms with Crippen LogP contribution in [0.25, 0.3) is 0 Å². The predicted octanol–water partition coefficient (Wildman–Crippen LogP) is 5.74. The van der Waals surface area contributed by atoms with Crippen LogP contribution < -0.4 is 4.52 Å². The molecule has 3 unspecified atom stereocenters. The highest BCUT2D eigenvalue weighted by Gasteiger charge is 2.36. The van der Waals surface area contributed by atoms with Crippen molar-refractivity contribution in [3.05, 3.63) is 70.7 Å². The molecular weight excluding hydrogens is 515 g/mol. The van der Waals surface area contributed by atoms with Gasteiger partial charge in [-0.25, -0.2) is 9.36 Å². The van der Waals surface area contributed by atoms with E-state index in [4.69, 9.17) is 27.7 Å². The predicted molar refractivity (Wildman–Crippen MR) is 138 cm³/mol. The molecule has 0 fully saturated rings. The van der Waals surface area contributed by atoms with Crippen LogP contribution in [-0.2, 0) is 28.1 Å². The second kappa shape index (κ2) is 13.0. The van der Waals surface area contributed by atoms with E-state index in [0.29, 0.717) is 22.6 Å². The molecule has 0 spiro atoms. The number of hydrogen-bond acceptors (Lipinski definition) is 10. The zero-order valence-corrected chi connectivity index (χ0v) is 23.0. The first kappa shape index (κ1) is 29.2. The Morgan fingerprint density at radius 2 is 1.97 bits per heavy atom. The zero-order chi connectivity index (χ0) is 27.9. The van der Waals surface area contributed by atoms with Crippen molar-refractivity contribution in [2.75, 3.05) is 26.7 Å². The summed E-state index contributed by atoms with van der Waals surface area (Å²) in [4.78, 5) is 25.1. The first-order valence-electron chi connectivity index (χ1n) is 12.1. The summed E-state index contributed by atoms with van der Waals surface area (Å²) in [5.41, 5.74) is 1.85. The Bertz CT molecular complexity index is 1240. The normalized spacial score (nSPS) is 18.0. The molecule has 1 aromatic heterocycles. The largest absolute Gasteiger partial charge is 0.500 e. The van der Waals surface area contributed by atoms with E-state index in [9.17, 15) is 19.3 Å². The van der Waals surface area contributed by atoms with Gasteiger partial charge in [-0.3, -0.25) is 9.32 Å². The van der Waals surface area contributed by atoms with Gasteiger partial charge in [0.15, 0.2) is 18.2 Å². The molecule has 0 aliphatic heterocycles. The molecule has 1 aliphatic rings. The van der Waals surface area contributed by atoms with Crippen LogP contribution in [0, 0.1) is 0 Å². The molecule has 0 bridgehead atoms. The highest BCUT2D eigenvalue weighted by molar-refractivity contribution is 7.54. The first-order valence-corrected chi connectivity index (χ1v) is 13.9. The number of para-hydroxylation sites is 1. The van der Waals surface area contributed by atoms with Crippen LogP contribution in [0.5, 0.6) is 11.7 Å². The van der Waals surface area contributed by atoms with E-state index in [-0.39, 0.29) is 36.9 Å². The second-order valence-corrected chi connectivity index (χ2v) is 10.6. The van der Waals surface area contributed by atoms with Crippen molar-refractivity contribution in [3.8, 4) is 11.7 Å². The van der Waals surface area contributed by atoms with Gasteiger partial charge in [0.2, 0.25) is 0 Å². The Kier molecular flexibility index (Phi) is 9.96. The molecule has 0 saturated carbocycles. The fourth-order valence-electron chi connectivity index (χ4n) is 3.98. The van der Waals surface area contributed by atoms with Crippen molar-refractivity contribution in [1.82, 2.24) is 0 Å². The quantitative estimate of drug-likeness (QED) is 0.188. The first-order chi connectivity index (χ1) is 18.1. The SMILES string of the molecule is CCOC(=O)C(C)OP(=O)(COCC(C)=CCC1=C(OC)C(C)c2coc(O)c2C1=O)Oc1ccccc1. The number of hydrogen-bond donors (Lipinski definition) is 1. The smallest absolute Gasteiger partial charge is 0.405 e. The van der Waals surface area contributed by atoms with E-state index in [2.05, 4.69) is 0 Å². The number of allylic oxidation sites excluding steroid dienone is 3. The van der Waals surface area contributed by atoms with Gasteiger partial charge in [0.1, 0.15) is 17.1 Å². The molecule has 38 heavy (non-hydrogen) atoms. The highest BCUT2D eigenvalue weighted by Crippen LogP contribution is 2.49. The van der Waals surface area contributed by atoms with Crippen molar-refractivity contribution in [3.63, 3.8) is 0 Å². The second-order valence-electron chi connectivity index (χ2n) is 8.72. The lowest BCUT2D eigenvalue weighted by Crippen LogP contribution is -2.24. The number of Topliss-reactive ketones (excluding diaryl/α,β-unsaturated/α-hetero) is 1. The van der Waals surface area contributed by atoms with Crippen LogP contribution in [0.2, 0.25) is 0 Å². The number of ketones is 1. The van der Waals surface area contributed by atoms with E-state index in [1.54, 1.807) is 50.3 Å². The minimum absolute atomic E-state index is 0.0564. The maximum atomic E-state index is 13.5. The number of fused-ring (bicyclic) bond motifs is 1. The average molecular weight is 549 g/mol. The molecule has 10 nitrogen and oxygen atoms in total. The Morgan fingerprint density at radius 1 is 1.26 bits per heavy atom. The van der Waals surface area contributed by atoms with Crippen LogP contribution in [0.4, 0.5) is 0 Å². The van der Waals surface area contributed by atoms with Gasteiger partial charge >= 0.3 is 13.6 Å². The molecule has 1 aliphatic carbocycles. The number of ether oxygens (including phenoxy) is 3. The lowest BCUT2D eigenvalue weighted by atomic mass is 9.83. The van der Waals surface area contributed by atoms with Crippen molar-refractivity contribution in [2.24, 2.45) is 0 Å². The number of esters is 1. The number of carbonyl (C=O) groups excluding carboxylic acids is 2. The van der Waals surface area contributed by atoms with Crippen molar-refractivity contribution in [1.29, 1.82) is 0 Å². The molecule has 11 heteroatoms. The number of methoxy groups -OCH3 is 1. The Balaban J connectivity index is 1.68. The lowest BCUT2D eigenvalue weighted by molar-refractivity contribution is -0.150. The summed E-state index contributed by atoms with van der Waals surface area (Å²) < 4.78 is 45.7. The molecule has 3 rings (SSSR count). The zero-order valence-electron chi connectivity index (χ0n) is 22.1. The van der Waals surface area contributed by atoms with Crippen LogP contribution in [0.15, 0.2) is 64.0 Å². The minimum Gasteiger partial charge on any atom is -0.500 e. The summed E-state index contributed by atoms with van der Waals surface area (Å²) in [6.07, 6.45) is 1.81. The van der Waals surface area contributed by atoms with E-state index < -0.39 is 32.0 Å². The molecule has 2 aromatic rings. The molecule has 206 valence electrons.